The predicted molar refractivity (Wildman–Crippen MR) is 117 cm³/mol. The van der Waals surface area contributed by atoms with Crippen LogP contribution in [0.5, 0.6) is 0 Å². The second kappa shape index (κ2) is 7.72. The summed E-state index contributed by atoms with van der Waals surface area (Å²) in [6, 6.07) is 10.2. The standard InChI is InChI=1S/C23H27N5O2/c1-15(2)28-22-20(14-24-28)19(13-21(26-22)16-3-4-16)23(29)25-17-5-7-18(8-6-17)27-9-11-30-12-10-27/h5-8,13-16H,3-4,9-12H2,1-2H3,(H,25,29). The molecular weight excluding hydrogens is 378 g/mol. The molecule has 3 aromatic rings. The van der Waals surface area contributed by atoms with Gasteiger partial charge in [0.1, 0.15) is 0 Å². The molecule has 3 heterocycles. The average molecular weight is 406 g/mol. The first kappa shape index (κ1) is 19.1. The van der Waals surface area contributed by atoms with Crippen molar-refractivity contribution >= 4 is 28.3 Å². The number of nitrogens with one attached hydrogen (secondary N) is 1. The first-order valence-electron chi connectivity index (χ1n) is 10.7. The quantitative estimate of drug-likeness (QED) is 0.695. The van der Waals surface area contributed by atoms with Crippen molar-refractivity contribution in [2.24, 2.45) is 0 Å². The average Bonchev–Trinajstić information content (AvgIpc) is 3.53. The van der Waals surface area contributed by atoms with E-state index in [1.165, 1.54) is 0 Å². The fourth-order valence-electron chi connectivity index (χ4n) is 3.97. The van der Waals surface area contributed by atoms with Crippen molar-refractivity contribution in [3.63, 3.8) is 0 Å². The maximum Gasteiger partial charge on any atom is 0.256 e. The van der Waals surface area contributed by atoms with Gasteiger partial charge in [0.2, 0.25) is 0 Å². The fourth-order valence-corrected chi connectivity index (χ4v) is 3.97. The van der Waals surface area contributed by atoms with Gasteiger partial charge in [0, 0.05) is 42.1 Å². The van der Waals surface area contributed by atoms with Crippen molar-refractivity contribution in [2.45, 2.75) is 38.6 Å². The van der Waals surface area contributed by atoms with Gasteiger partial charge >= 0.3 is 0 Å². The zero-order valence-electron chi connectivity index (χ0n) is 17.5. The van der Waals surface area contributed by atoms with E-state index in [0.717, 1.165) is 67.2 Å². The molecular formula is C23H27N5O2. The molecule has 0 spiro atoms. The van der Waals surface area contributed by atoms with E-state index in [1.807, 2.05) is 22.9 Å². The molecule has 2 aliphatic rings. The Bertz CT molecular complexity index is 1060. The number of ether oxygens (including phenoxy) is 1. The number of carbonyl (C=O) groups excluding carboxylic acids is 1. The van der Waals surface area contributed by atoms with Gasteiger partial charge in [-0.3, -0.25) is 4.79 Å². The lowest BCUT2D eigenvalue weighted by Gasteiger charge is -2.28. The molecule has 1 aliphatic carbocycles. The van der Waals surface area contributed by atoms with Crippen LogP contribution in [-0.4, -0.2) is 47.0 Å². The number of pyridine rings is 1. The molecule has 0 radical (unpaired) electrons. The van der Waals surface area contributed by atoms with Gasteiger partial charge in [-0.25, -0.2) is 9.67 Å². The molecule has 0 atom stereocenters. The van der Waals surface area contributed by atoms with E-state index in [2.05, 4.69) is 41.3 Å². The third kappa shape index (κ3) is 3.65. The second-order valence-electron chi connectivity index (χ2n) is 8.39. The number of carbonyl (C=O) groups is 1. The summed E-state index contributed by atoms with van der Waals surface area (Å²) in [4.78, 5) is 20.3. The highest BCUT2D eigenvalue weighted by Gasteiger charge is 2.28. The van der Waals surface area contributed by atoms with E-state index in [0.29, 0.717) is 11.5 Å². The zero-order chi connectivity index (χ0) is 20.7. The summed E-state index contributed by atoms with van der Waals surface area (Å²) in [6.45, 7) is 7.45. The number of nitrogens with zero attached hydrogens (tertiary/aromatic N) is 4. The number of anilines is 2. The van der Waals surface area contributed by atoms with E-state index in [4.69, 9.17) is 9.72 Å². The summed E-state index contributed by atoms with van der Waals surface area (Å²) >= 11 is 0. The molecule has 5 rings (SSSR count). The predicted octanol–water partition coefficient (Wildman–Crippen LogP) is 3.98. The number of aromatic nitrogens is 3. The minimum absolute atomic E-state index is 0.119. The van der Waals surface area contributed by atoms with Gasteiger partial charge < -0.3 is 15.0 Å². The van der Waals surface area contributed by atoms with Crippen LogP contribution in [0.1, 0.15) is 54.7 Å². The van der Waals surface area contributed by atoms with Crippen LogP contribution >= 0.6 is 0 Å². The summed E-state index contributed by atoms with van der Waals surface area (Å²) in [6.07, 6.45) is 4.03. The number of amides is 1. The Morgan fingerprint density at radius 3 is 2.57 bits per heavy atom. The number of benzene rings is 1. The normalized spacial score (nSPS) is 17.0. The lowest BCUT2D eigenvalue weighted by molar-refractivity contribution is 0.102. The number of hydrogen-bond acceptors (Lipinski definition) is 5. The smallest absolute Gasteiger partial charge is 0.256 e. The molecule has 0 unspecified atom stereocenters. The Morgan fingerprint density at radius 2 is 1.90 bits per heavy atom. The monoisotopic (exact) mass is 405 g/mol. The largest absolute Gasteiger partial charge is 0.378 e. The van der Waals surface area contributed by atoms with Crippen LogP contribution in [0.4, 0.5) is 11.4 Å². The van der Waals surface area contributed by atoms with Gasteiger partial charge in [0.05, 0.1) is 30.4 Å². The van der Waals surface area contributed by atoms with Gasteiger partial charge in [-0.1, -0.05) is 0 Å². The number of morpholine rings is 1. The summed E-state index contributed by atoms with van der Waals surface area (Å²) < 4.78 is 7.32. The molecule has 1 amide bonds. The van der Waals surface area contributed by atoms with Crippen LogP contribution < -0.4 is 10.2 Å². The Kier molecular flexibility index (Phi) is 4.90. The van der Waals surface area contributed by atoms with Gasteiger partial charge in [-0.15, -0.1) is 0 Å². The van der Waals surface area contributed by atoms with E-state index >= 15 is 0 Å². The maximum atomic E-state index is 13.2. The molecule has 2 fully saturated rings. The maximum absolute atomic E-state index is 13.2. The lowest BCUT2D eigenvalue weighted by Crippen LogP contribution is -2.36. The van der Waals surface area contributed by atoms with Crippen molar-refractivity contribution in [2.75, 3.05) is 36.5 Å². The third-order valence-corrected chi connectivity index (χ3v) is 5.82. The molecule has 1 aromatic carbocycles. The fraction of sp³-hybridized carbons (Fsp3) is 0.435. The first-order valence-corrected chi connectivity index (χ1v) is 10.7. The highest BCUT2D eigenvalue weighted by Crippen LogP contribution is 2.40. The molecule has 1 saturated heterocycles. The summed E-state index contributed by atoms with van der Waals surface area (Å²) in [7, 11) is 0. The van der Waals surface area contributed by atoms with E-state index < -0.39 is 0 Å². The minimum Gasteiger partial charge on any atom is -0.378 e. The van der Waals surface area contributed by atoms with Crippen LogP contribution in [0.2, 0.25) is 0 Å². The second-order valence-corrected chi connectivity index (χ2v) is 8.39. The third-order valence-electron chi connectivity index (χ3n) is 5.82. The van der Waals surface area contributed by atoms with Crippen LogP contribution in [0.3, 0.4) is 0 Å². The van der Waals surface area contributed by atoms with Gasteiger partial charge in [-0.05, 0) is 57.0 Å². The van der Waals surface area contributed by atoms with Crippen molar-refractivity contribution in [3.8, 4) is 0 Å². The summed E-state index contributed by atoms with van der Waals surface area (Å²) in [5.74, 6) is 0.344. The first-order chi connectivity index (χ1) is 14.6. The number of rotatable bonds is 5. The Morgan fingerprint density at radius 1 is 1.17 bits per heavy atom. The lowest BCUT2D eigenvalue weighted by atomic mass is 10.1. The van der Waals surface area contributed by atoms with Crippen molar-refractivity contribution in [3.05, 3.63) is 47.8 Å². The molecule has 7 nitrogen and oxygen atoms in total. The Labute approximate surface area is 176 Å². The van der Waals surface area contributed by atoms with Gasteiger partial charge in [-0.2, -0.15) is 5.10 Å². The van der Waals surface area contributed by atoms with Crippen molar-refractivity contribution in [1.82, 2.24) is 14.8 Å². The van der Waals surface area contributed by atoms with Crippen molar-refractivity contribution in [1.29, 1.82) is 0 Å². The summed E-state index contributed by atoms with van der Waals surface area (Å²) in [5.41, 5.74) is 4.37. The molecule has 30 heavy (non-hydrogen) atoms. The van der Waals surface area contributed by atoms with E-state index in [-0.39, 0.29) is 11.9 Å². The SMILES string of the molecule is CC(C)n1ncc2c(C(=O)Nc3ccc(N4CCOCC4)cc3)cc(C3CC3)nc21. The molecule has 1 saturated carbocycles. The van der Waals surface area contributed by atoms with Crippen LogP contribution in [0.15, 0.2) is 36.5 Å². The van der Waals surface area contributed by atoms with Gasteiger partial charge in [0.15, 0.2) is 5.65 Å². The Balaban J connectivity index is 1.41. The van der Waals surface area contributed by atoms with Gasteiger partial charge in [0.25, 0.3) is 5.91 Å². The van der Waals surface area contributed by atoms with Crippen LogP contribution in [0, 0.1) is 0 Å². The molecule has 1 aliphatic heterocycles. The van der Waals surface area contributed by atoms with E-state index in [1.54, 1.807) is 6.20 Å². The number of hydrogen-bond donors (Lipinski definition) is 1. The van der Waals surface area contributed by atoms with E-state index in [9.17, 15) is 4.79 Å². The highest BCUT2D eigenvalue weighted by molar-refractivity contribution is 6.12. The molecule has 0 bridgehead atoms. The molecule has 7 heteroatoms. The zero-order valence-corrected chi connectivity index (χ0v) is 17.5. The number of fused-ring (bicyclic) bond motifs is 1. The molecule has 2 aromatic heterocycles. The van der Waals surface area contributed by atoms with Crippen LogP contribution in [-0.2, 0) is 4.74 Å². The topological polar surface area (TPSA) is 72.3 Å². The Hall–Kier alpha value is -2.93. The molecule has 156 valence electrons. The highest BCUT2D eigenvalue weighted by atomic mass is 16.5. The minimum atomic E-state index is -0.119. The van der Waals surface area contributed by atoms with Crippen LogP contribution in [0.25, 0.3) is 11.0 Å². The van der Waals surface area contributed by atoms with Crippen molar-refractivity contribution < 1.29 is 9.53 Å². The summed E-state index contributed by atoms with van der Waals surface area (Å²) in [5, 5.41) is 8.35. The molecule has 1 N–H and O–H groups in total.